The number of carbonyl (C=O) groups excluding carboxylic acids is 2. The minimum atomic E-state index is -3.23. The van der Waals surface area contributed by atoms with Gasteiger partial charge < -0.3 is 14.5 Å². The van der Waals surface area contributed by atoms with Gasteiger partial charge in [-0.05, 0) is 18.1 Å². The van der Waals surface area contributed by atoms with Gasteiger partial charge in [-0.25, -0.2) is 8.42 Å². The van der Waals surface area contributed by atoms with E-state index in [2.05, 4.69) is 0 Å². The minimum Gasteiger partial charge on any atom is -0.378 e. The Morgan fingerprint density at radius 1 is 1.24 bits per heavy atom. The molecule has 1 atom stereocenters. The first-order chi connectivity index (χ1) is 11.9. The highest BCUT2D eigenvalue weighted by Crippen LogP contribution is 2.26. The van der Waals surface area contributed by atoms with Crippen LogP contribution in [0.5, 0.6) is 0 Å². The van der Waals surface area contributed by atoms with Gasteiger partial charge in [0.15, 0.2) is 0 Å². The zero-order valence-corrected chi connectivity index (χ0v) is 15.0. The molecule has 8 heteroatoms. The third kappa shape index (κ3) is 4.01. The van der Waals surface area contributed by atoms with Gasteiger partial charge in [0.2, 0.25) is 5.91 Å². The average Bonchev–Trinajstić information content (AvgIpc) is 2.92. The average molecular weight is 366 g/mol. The summed E-state index contributed by atoms with van der Waals surface area (Å²) in [5.74, 6) is -0.544. The summed E-state index contributed by atoms with van der Waals surface area (Å²) in [4.78, 5) is 28.9. The Kier molecular flexibility index (Phi) is 5.10. The van der Waals surface area contributed by atoms with E-state index in [1.807, 2.05) is 12.1 Å². The van der Waals surface area contributed by atoms with Gasteiger partial charge in [-0.15, -0.1) is 0 Å². The maximum absolute atomic E-state index is 13.0. The molecule has 0 radical (unpaired) electrons. The Balaban J connectivity index is 1.83. The van der Waals surface area contributed by atoms with Gasteiger partial charge in [-0.1, -0.05) is 18.2 Å². The van der Waals surface area contributed by atoms with Gasteiger partial charge >= 0.3 is 0 Å². The Morgan fingerprint density at radius 3 is 2.56 bits per heavy atom. The summed E-state index contributed by atoms with van der Waals surface area (Å²) in [6.45, 7) is 2.17. The number of morpholine rings is 1. The van der Waals surface area contributed by atoms with Crippen LogP contribution in [-0.2, 0) is 25.9 Å². The summed E-state index contributed by atoms with van der Waals surface area (Å²) in [6, 6.07) is 6.47. The summed E-state index contributed by atoms with van der Waals surface area (Å²) >= 11 is 0. The summed E-state index contributed by atoms with van der Waals surface area (Å²) in [5, 5.41) is 0. The predicted molar refractivity (Wildman–Crippen MR) is 91.8 cm³/mol. The Hall–Kier alpha value is -1.93. The maximum atomic E-state index is 13.0. The molecule has 2 aliphatic rings. The van der Waals surface area contributed by atoms with Crippen LogP contribution in [0.4, 0.5) is 0 Å². The van der Waals surface area contributed by atoms with Crippen molar-refractivity contribution < 1.29 is 22.7 Å². The fourth-order valence-electron chi connectivity index (χ4n) is 3.26. The van der Waals surface area contributed by atoms with Crippen LogP contribution in [0.1, 0.15) is 22.3 Å². The van der Waals surface area contributed by atoms with Crippen molar-refractivity contribution in [3.05, 3.63) is 35.4 Å². The molecule has 0 aliphatic carbocycles. The second-order valence-electron chi connectivity index (χ2n) is 6.46. The van der Waals surface area contributed by atoms with E-state index in [9.17, 15) is 18.0 Å². The zero-order chi connectivity index (χ0) is 18.0. The number of carbonyl (C=O) groups is 2. The standard InChI is InChI=1S/C17H22N2O5S/c1-25(22,23)11-6-15(17(21)18-7-9-24-10-8-18)19-12-13-4-2-3-5-14(13)16(19)20/h2-5,15H,6-12H2,1H3/t15-/m0/s1. The number of hydrogen-bond acceptors (Lipinski definition) is 5. The van der Waals surface area contributed by atoms with Crippen LogP contribution >= 0.6 is 0 Å². The number of fused-ring (bicyclic) bond motifs is 1. The first-order valence-electron chi connectivity index (χ1n) is 8.30. The van der Waals surface area contributed by atoms with Gasteiger partial charge in [0.25, 0.3) is 5.91 Å². The lowest BCUT2D eigenvalue weighted by atomic mass is 10.1. The second-order valence-corrected chi connectivity index (χ2v) is 8.72. The van der Waals surface area contributed by atoms with E-state index in [1.54, 1.807) is 17.0 Å². The van der Waals surface area contributed by atoms with Crippen molar-refractivity contribution in [2.24, 2.45) is 0 Å². The molecule has 0 aromatic heterocycles. The SMILES string of the molecule is CS(=O)(=O)CC[C@@H](C(=O)N1CCOCC1)N1Cc2ccccc2C1=O. The molecule has 0 N–H and O–H groups in total. The number of rotatable bonds is 5. The van der Waals surface area contributed by atoms with Gasteiger partial charge in [-0.2, -0.15) is 0 Å². The van der Waals surface area contributed by atoms with Crippen LogP contribution in [0.2, 0.25) is 0 Å². The topological polar surface area (TPSA) is 84.0 Å². The molecule has 2 heterocycles. The first kappa shape index (κ1) is 17.9. The predicted octanol–water partition coefficient (Wildman–Crippen LogP) is 0.305. The van der Waals surface area contributed by atoms with Crippen molar-refractivity contribution in [2.75, 3.05) is 38.3 Å². The summed E-state index contributed by atoms with van der Waals surface area (Å²) in [5.41, 5.74) is 1.45. The molecular weight excluding hydrogens is 344 g/mol. The molecule has 7 nitrogen and oxygen atoms in total. The fraction of sp³-hybridized carbons (Fsp3) is 0.529. The number of benzene rings is 1. The van der Waals surface area contributed by atoms with E-state index in [1.165, 1.54) is 4.90 Å². The third-order valence-electron chi connectivity index (χ3n) is 4.60. The van der Waals surface area contributed by atoms with E-state index in [0.29, 0.717) is 38.4 Å². The molecule has 0 bridgehead atoms. The van der Waals surface area contributed by atoms with E-state index in [0.717, 1.165) is 11.8 Å². The molecule has 1 aromatic rings. The molecule has 0 saturated carbocycles. The van der Waals surface area contributed by atoms with E-state index >= 15 is 0 Å². The molecule has 2 amide bonds. The lowest BCUT2D eigenvalue weighted by molar-refractivity contribution is -0.140. The molecule has 136 valence electrons. The summed E-state index contributed by atoms with van der Waals surface area (Å²) in [7, 11) is -3.23. The molecule has 1 fully saturated rings. The van der Waals surface area contributed by atoms with Crippen molar-refractivity contribution in [3.8, 4) is 0 Å². The largest absolute Gasteiger partial charge is 0.378 e. The minimum absolute atomic E-state index is 0.106. The van der Waals surface area contributed by atoms with Crippen LogP contribution in [0.3, 0.4) is 0 Å². The van der Waals surface area contributed by atoms with Gasteiger partial charge in [0.05, 0.1) is 19.0 Å². The number of hydrogen-bond donors (Lipinski definition) is 0. The molecule has 2 aliphatic heterocycles. The van der Waals surface area contributed by atoms with Gasteiger partial charge in [0, 0.05) is 31.5 Å². The molecular formula is C17H22N2O5S. The van der Waals surface area contributed by atoms with E-state index in [-0.39, 0.29) is 24.0 Å². The van der Waals surface area contributed by atoms with Crippen molar-refractivity contribution >= 4 is 21.7 Å². The summed E-state index contributed by atoms with van der Waals surface area (Å²) < 4.78 is 28.5. The number of nitrogens with zero attached hydrogens (tertiary/aromatic N) is 2. The molecule has 1 aromatic carbocycles. The highest BCUT2D eigenvalue weighted by Gasteiger charge is 2.38. The van der Waals surface area contributed by atoms with E-state index in [4.69, 9.17) is 4.74 Å². The number of ether oxygens (including phenoxy) is 1. The van der Waals surface area contributed by atoms with Crippen molar-refractivity contribution in [1.29, 1.82) is 0 Å². The van der Waals surface area contributed by atoms with Crippen molar-refractivity contribution in [2.45, 2.75) is 19.0 Å². The Morgan fingerprint density at radius 2 is 1.92 bits per heavy atom. The summed E-state index contributed by atoms with van der Waals surface area (Å²) in [6.07, 6.45) is 1.25. The van der Waals surface area contributed by atoms with Crippen LogP contribution in [-0.4, -0.2) is 74.4 Å². The van der Waals surface area contributed by atoms with Gasteiger partial charge in [-0.3, -0.25) is 9.59 Å². The highest BCUT2D eigenvalue weighted by molar-refractivity contribution is 7.90. The van der Waals surface area contributed by atoms with Crippen LogP contribution in [0.25, 0.3) is 0 Å². The fourth-order valence-corrected chi connectivity index (χ4v) is 3.91. The second kappa shape index (κ2) is 7.13. The number of sulfone groups is 1. The Labute approximate surface area is 147 Å². The van der Waals surface area contributed by atoms with Crippen molar-refractivity contribution in [1.82, 2.24) is 9.80 Å². The monoisotopic (exact) mass is 366 g/mol. The quantitative estimate of drug-likeness (QED) is 0.749. The van der Waals surface area contributed by atoms with E-state index < -0.39 is 15.9 Å². The smallest absolute Gasteiger partial charge is 0.255 e. The molecule has 3 rings (SSSR count). The first-order valence-corrected chi connectivity index (χ1v) is 10.4. The van der Waals surface area contributed by atoms with Gasteiger partial charge in [0.1, 0.15) is 15.9 Å². The van der Waals surface area contributed by atoms with Crippen LogP contribution in [0, 0.1) is 0 Å². The lowest BCUT2D eigenvalue weighted by Crippen LogP contribution is -2.52. The molecule has 1 saturated heterocycles. The maximum Gasteiger partial charge on any atom is 0.255 e. The van der Waals surface area contributed by atoms with Crippen molar-refractivity contribution in [3.63, 3.8) is 0 Å². The van der Waals surface area contributed by atoms with Crippen LogP contribution < -0.4 is 0 Å². The normalized spacial score (nSPS) is 19.0. The lowest BCUT2D eigenvalue weighted by Gasteiger charge is -2.34. The number of amides is 2. The van der Waals surface area contributed by atoms with Crippen LogP contribution in [0.15, 0.2) is 24.3 Å². The Bertz CT molecular complexity index is 771. The molecule has 25 heavy (non-hydrogen) atoms. The third-order valence-corrected chi connectivity index (χ3v) is 5.57. The molecule has 0 unspecified atom stereocenters. The highest BCUT2D eigenvalue weighted by atomic mass is 32.2. The molecule has 0 spiro atoms. The zero-order valence-electron chi connectivity index (χ0n) is 14.2.